The van der Waals surface area contributed by atoms with Crippen molar-refractivity contribution in [2.24, 2.45) is 0 Å². The Balaban J connectivity index is 1.68. The van der Waals surface area contributed by atoms with Crippen LogP contribution < -0.4 is 10.1 Å². The lowest BCUT2D eigenvalue weighted by Gasteiger charge is -2.14. The molecule has 4 rings (SSSR count). The van der Waals surface area contributed by atoms with Gasteiger partial charge in [-0.05, 0) is 35.7 Å². The van der Waals surface area contributed by atoms with Crippen molar-refractivity contribution in [1.29, 1.82) is 0 Å². The maximum Gasteiger partial charge on any atom is 0.271 e. The molecule has 34 heavy (non-hydrogen) atoms. The molecule has 1 N–H and O–H groups in total. The molecule has 0 fully saturated rings. The summed E-state index contributed by atoms with van der Waals surface area (Å²) in [6.07, 6.45) is 0. The van der Waals surface area contributed by atoms with Gasteiger partial charge >= 0.3 is 0 Å². The van der Waals surface area contributed by atoms with Crippen LogP contribution >= 0.6 is 11.8 Å². The number of nitro benzene ring substituents is 1. The van der Waals surface area contributed by atoms with Gasteiger partial charge in [0.25, 0.3) is 5.69 Å². The van der Waals surface area contributed by atoms with Crippen LogP contribution in [0.25, 0.3) is 16.7 Å². The highest BCUT2D eigenvalue weighted by molar-refractivity contribution is 7.99. The molecule has 0 aliphatic rings. The number of amides is 1. The first-order valence-electron chi connectivity index (χ1n) is 10.7. The summed E-state index contributed by atoms with van der Waals surface area (Å²) in [7, 11) is 1.58. The van der Waals surface area contributed by atoms with Crippen molar-refractivity contribution in [2.45, 2.75) is 24.9 Å². The summed E-state index contributed by atoms with van der Waals surface area (Å²) in [5.74, 6) is 0.849. The fourth-order valence-electron chi connectivity index (χ4n) is 3.73. The zero-order chi connectivity index (χ0) is 24.2. The predicted molar refractivity (Wildman–Crippen MR) is 134 cm³/mol. The van der Waals surface area contributed by atoms with Crippen LogP contribution in [0.4, 0.5) is 11.4 Å². The van der Waals surface area contributed by atoms with E-state index in [0.29, 0.717) is 21.9 Å². The van der Waals surface area contributed by atoms with E-state index in [1.165, 1.54) is 23.9 Å². The van der Waals surface area contributed by atoms with Gasteiger partial charge in [-0.25, -0.2) is 4.98 Å². The van der Waals surface area contributed by atoms with Gasteiger partial charge in [0.15, 0.2) is 5.16 Å². The average Bonchev–Trinajstić information content (AvgIpc) is 3.20. The number of benzene rings is 3. The number of anilines is 1. The van der Waals surface area contributed by atoms with Crippen LogP contribution in [-0.4, -0.2) is 33.2 Å². The molecule has 0 unspecified atom stereocenters. The number of hydrogen-bond donors (Lipinski definition) is 1. The van der Waals surface area contributed by atoms with Crippen molar-refractivity contribution in [3.05, 3.63) is 82.4 Å². The molecule has 9 heteroatoms. The fourth-order valence-corrected chi connectivity index (χ4v) is 4.56. The Labute approximate surface area is 201 Å². The average molecular weight is 477 g/mol. The van der Waals surface area contributed by atoms with Crippen molar-refractivity contribution in [3.8, 4) is 11.4 Å². The zero-order valence-corrected chi connectivity index (χ0v) is 19.8. The van der Waals surface area contributed by atoms with Gasteiger partial charge in [0.05, 0.1) is 34.5 Å². The second-order valence-corrected chi connectivity index (χ2v) is 8.85. The Morgan fingerprint density at radius 1 is 1.15 bits per heavy atom. The molecule has 0 bridgehead atoms. The molecule has 4 aromatic rings. The van der Waals surface area contributed by atoms with Crippen LogP contribution in [0.2, 0.25) is 0 Å². The number of ether oxygens (including phenoxy) is 1. The normalized spacial score (nSPS) is 11.1. The Bertz CT molecular complexity index is 1370. The maximum absolute atomic E-state index is 12.8. The van der Waals surface area contributed by atoms with Crippen molar-refractivity contribution >= 4 is 40.1 Å². The molecule has 174 valence electrons. The Kier molecular flexibility index (Phi) is 6.83. The third-order valence-corrected chi connectivity index (χ3v) is 6.27. The molecule has 0 saturated heterocycles. The molecule has 0 radical (unpaired) electrons. The van der Waals surface area contributed by atoms with Crippen molar-refractivity contribution in [2.75, 3.05) is 18.2 Å². The lowest BCUT2D eigenvalue weighted by atomic mass is 10.0. The van der Waals surface area contributed by atoms with Gasteiger partial charge in [0.2, 0.25) is 5.91 Å². The van der Waals surface area contributed by atoms with E-state index in [2.05, 4.69) is 24.1 Å². The van der Waals surface area contributed by atoms with Gasteiger partial charge in [-0.3, -0.25) is 19.5 Å². The number of non-ortho nitro benzene ring substituents is 1. The fraction of sp³-hybridized carbons (Fsp3) is 0.200. The molecule has 1 aromatic heterocycles. The van der Waals surface area contributed by atoms with Crippen LogP contribution in [0.15, 0.2) is 71.9 Å². The third-order valence-electron chi connectivity index (χ3n) is 5.33. The zero-order valence-electron chi connectivity index (χ0n) is 19.0. The van der Waals surface area contributed by atoms with Gasteiger partial charge in [-0.1, -0.05) is 55.9 Å². The van der Waals surface area contributed by atoms with Crippen molar-refractivity contribution < 1.29 is 14.5 Å². The number of nitrogens with zero attached hydrogens (tertiary/aromatic N) is 3. The van der Waals surface area contributed by atoms with Gasteiger partial charge in [-0.15, -0.1) is 0 Å². The second-order valence-electron chi connectivity index (χ2n) is 7.91. The summed E-state index contributed by atoms with van der Waals surface area (Å²) in [6.45, 7) is 4.16. The molecule has 1 amide bonds. The van der Waals surface area contributed by atoms with Crippen LogP contribution in [0.1, 0.15) is 25.3 Å². The maximum atomic E-state index is 12.8. The number of aromatic nitrogens is 2. The Morgan fingerprint density at radius 3 is 2.62 bits per heavy atom. The Hall–Kier alpha value is -3.85. The second kappa shape index (κ2) is 9.96. The van der Waals surface area contributed by atoms with Crippen LogP contribution in [0.5, 0.6) is 5.75 Å². The highest BCUT2D eigenvalue weighted by atomic mass is 32.2. The number of nitro groups is 1. The lowest BCUT2D eigenvalue weighted by molar-refractivity contribution is -0.384. The third kappa shape index (κ3) is 4.74. The quantitative estimate of drug-likeness (QED) is 0.196. The van der Waals surface area contributed by atoms with Gasteiger partial charge in [-0.2, -0.15) is 0 Å². The van der Waals surface area contributed by atoms with Crippen LogP contribution in [-0.2, 0) is 4.79 Å². The first kappa shape index (κ1) is 23.3. The highest BCUT2D eigenvalue weighted by Gasteiger charge is 2.20. The summed E-state index contributed by atoms with van der Waals surface area (Å²) < 4.78 is 7.39. The molecule has 8 nitrogen and oxygen atoms in total. The molecule has 1 heterocycles. The summed E-state index contributed by atoms with van der Waals surface area (Å²) in [5, 5.41) is 14.8. The molecular weight excluding hydrogens is 452 g/mol. The van der Waals surface area contributed by atoms with E-state index in [1.807, 2.05) is 53.1 Å². The number of thioether (sulfide) groups is 1. The topological polar surface area (TPSA) is 99.3 Å². The number of carbonyl (C=O) groups is 1. The summed E-state index contributed by atoms with van der Waals surface area (Å²) >= 11 is 1.26. The summed E-state index contributed by atoms with van der Waals surface area (Å²) in [4.78, 5) is 28.2. The SMILES string of the molecule is COc1ccccc1-n1c(SCC(=O)Nc2ccccc2C(C)C)nc2cc([N+](=O)[O-])ccc21. The van der Waals surface area contributed by atoms with E-state index in [1.54, 1.807) is 13.2 Å². The number of para-hydroxylation sites is 3. The monoisotopic (exact) mass is 476 g/mol. The number of imidazole rings is 1. The van der Waals surface area contributed by atoms with Gasteiger partial charge in [0, 0.05) is 17.8 Å². The number of carbonyl (C=O) groups excluding carboxylic acids is 1. The molecule has 0 saturated carbocycles. The standard InChI is InChI=1S/C25H24N4O4S/c1-16(2)18-8-4-5-9-19(18)26-24(30)15-34-25-27-20-14-17(29(31)32)12-13-21(20)28(25)22-10-6-7-11-23(22)33-3/h4-14,16H,15H2,1-3H3,(H,26,30). The Morgan fingerprint density at radius 2 is 1.88 bits per heavy atom. The number of methoxy groups -OCH3 is 1. The summed E-state index contributed by atoms with van der Waals surface area (Å²) in [6, 6.07) is 19.7. The van der Waals surface area contributed by atoms with E-state index in [-0.39, 0.29) is 23.3 Å². The number of hydrogen-bond acceptors (Lipinski definition) is 6. The number of rotatable bonds is 8. The van der Waals surface area contributed by atoms with E-state index in [0.717, 1.165) is 16.9 Å². The van der Waals surface area contributed by atoms with E-state index >= 15 is 0 Å². The van der Waals surface area contributed by atoms with Crippen LogP contribution in [0, 0.1) is 10.1 Å². The van der Waals surface area contributed by atoms with E-state index in [4.69, 9.17) is 4.74 Å². The van der Waals surface area contributed by atoms with E-state index in [9.17, 15) is 14.9 Å². The lowest BCUT2D eigenvalue weighted by Crippen LogP contribution is -2.16. The summed E-state index contributed by atoms with van der Waals surface area (Å²) in [5.41, 5.74) is 3.69. The molecule has 0 aliphatic carbocycles. The molecule has 0 spiro atoms. The molecule has 0 aliphatic heterocycles. The minimum Gasteiger partial charge on any atom is -0.495 e. The smallest absolute Gasteiger partial charge is 0.271 e. The van der Waals surface area contributed by atoms with Crippen molar-refractivity contribution in [3.63, 3.8) is 0 Å². The minimum atomic E-state index is -0.450. The highest BCUT2D eigenvalue weighted by Crippen LogP contribution is 2.34. The van der Waals surface area contributed by atoms with Crippen molar-refractivity contribution in [1.82, 2.24) is 9.55 Å². The largest absolute Gasteiger partial charge is 0.495 e. The van der Waals surface area contributed by atoms with Crippen LogP contribution in [0.3, 0.4) is 0 Å². The minimum absolute atomic E-state index is 0.0447. The molecular formula is C25H24N4O4S. The van der Waals surface area contributed by atoms with Gasteiger partial charge < -0.3 is 10.1 Å². The predicted octanol–water partition coefficient (Wildman–Crippen LogP) is 5.80. The number of nitrogens with one attached hydrogen (secondary N) is 1. The molecule has 3 aromatic carbocycles. The number of fused-ring (bicyclic) bond motifs is 1. The molecule has 0 atom stereocenters. The first-order chi connectivity index (χ1) is 16.4. The van der Waals surface area contributed by atoms with Gasteiger partial charge in [0.1, 0.15) is 5.75 Å². The first-order valence-corrected chi connectivity index (χ1v) is 11.7. The van der Waals surface area contributed by atoms with E-state index < -0.39 is 4.92 Å².